The van der Waals surface area contributed by atoms with Crippen LogP contribution in [-0.4, -0.2) is 18.8 Å². The molecule has 1 aromatic carbocycles. The van der Waals surface area contributed by atoms with Crippen molar-refractivity contribution in [2.24, 2.45) is 5.92 Å². The molecule has 0 aromatic heterocycles. The van der Waals surface area contributed by atoms with E-state index in [1.807, 2.05) is 30.4 Å². The Labute approximate surface area is 113 Å². The highest BCUT2D eigenvalue weighted by molar-refractivity contribution is 6.17. The average molecular weight is 265 g/mol. The minimum atomic E-state index is 0.00199. The molecule has 18 heavy (non-hydrogen) atoms. The van der Waals surface area contributed by atoms with Crippen LogP contribution in [-0.2, 0) is 11.2 Å². The van der Waals surface area contributed by atoms with Gasteiger partial charge < -0.3 is 4.74 Å². The normalized spacial score (nSPS) is 18.3. The minimum absolute atomic E-state index is 0.00199. The van der Waals surface area contributed by atoms with Crippen molar-refractivity contribution in [2.75, 3.05) is 13.0 Å². The van der Waals surface area contributed by atoms with Gasteiger partial charge in [0, 0.05) is 18.2 Å². The molecule has 3 heteroatoms. The quantitative estimate of drug-likeness (QED) is 0.779. The largest absolute Gasteiger partial charge is 0.497 e. The van der Waals surface area contributed by atoms with E-state index in [4.69, 9.17) is 16.3 Å². The van der Waals surface area contributed by atoms with Crippen LogP contribution in [0.15, 0.2) is 24.3 Å². The third-order valence-electron chi connectivity index (χ3n) is 3.29. The summed E-state index contributed by atoms with van der Waals surface area (Å²) in [5.74, 6) is 1.68. The van der Waals surface area contributed by atoms with E-state index >= 15 is 0 Å². The lowest BCUT2D eigenvalue weighted by molar-refractivity contribution is -0.120. The number of hydrogen-bond donors (Lipinski definition) is 0. The van der Waals surface area contributed by atoms with Crippen molar-refractivity contribution in [3.8, 4) is 5.75 Å². The number of fused-ring (bicyclic) bond motifs is 1. The highest BCUT2D eigenvalue weighted by Gasteiger charge is 2.19. The fourth-order valence-corrected chi connectivity index (χ4v) is 2.38. The number of Topliss-reactive ketones (excluding diaryl/α,β-unsaturated/α-hetero) is 1. The van der Waals surface area contributed by atoms with Crippen LogP contribution in [0.4, 0.5) is 0 Å². The molecule has 1 aliphatic carbocycles. The number of rotatable bonds is 4. The molecule has 0 saturated carbocycles. The number of hydrogen-bond acceptors (Lipinski definition) is 2. The SMILES string of the molecule is COc1ccc2c(c1)CC(=O)C(CCCCl)C=C2. The fraction of sp³-hybridized carbons (Fsp3) is 0.400. The first kappa shape index (κ1) is 13.2. The van der Waals surface area contributed by atoms with Gasteiger partial charge in [0.05, 0.1) is 7.11 Å². The van der Waals surface area contributed by atoms with Crippen molar-refractivity contribution in [2.45, 2.75) is 19.3 Å². The van der Waals surface area contributed by atoms with Crippen LogP contribution in [0.2, 0.25) is 0 Å². The Morgan fingerprint density at radius 2 is 2.28 bits per heavy atom. The van der Waals surface area contributed by atoms with Crippen molar-refractivity contribution in [1.82, 2.24) is 0 Å². The van der Waals surface area contributed by atoms with Crippen molar-refractivity contribution < 1.29 is 9.53 Å². The van der Waals surface area contributed by atoms with Gasteiger partial charge in [0.1, 0.15) is 11.5 Å². The molecule has 1 atom stereocenters. The summed E-state index contributed by atoms with van der Waals surface area (Å²) in [6.07, 6.45) is 6.24. The van der Waals surface area contributed by atoms with E-state index in [1.165, 1.54) is 0 Å². The summed E-state index contributed by atoms with van der Waals surface area (Å²) in [6, 6.07) is 5.87. The van der Waals surface area contributed by atoms with E-state index in [-0.39, 0.29) is 11.7 Å². The van der Waals surface area contributed by atoms with Crippen LogP contribution in [0.25, 0.3) is 6.08 Å². The molecule has 0 radical (unpaired) electrons. The molecule has 0 saturated heterocycles. The van der Waals surface area contributed by atoms with E-state index in [9.17, 15) is 4.79 Å². The number of allylic oxidation sites excluding steroid dienone is 1. The second kappa shape index (κ2) is 6.05. The Bertz CT molecular complexity index is 466. The number of carbonyl (C=O) groups excluding carboxylic acids is 1. The first-order valence-electron chi connectivity index (χ1n) is 6.18. The average Bonchev–Trinajstić information content (AvgIpc) is 2.54. The van der Waals surface area contributed by atoms with Gasteiger partial charge in [-0.05, 0) is 36.1 Å². The number of carbonyl (C=O) groups is 1. The second-order valence-electron chi connectivity index (χ2n) is 4.50. The van der Waals surface area contributed by atoms with Gasteiger partial charge in [-0.25, -0.2) is 0 Å². The van der Waals surface area contributed by atoms with Crippen molar-refractivity contribution in [3.05, 3.63) is 35.4 Å². The predicted octanol–water partition coefficient (Wildman–Crippen LogP) is 3.47. The molecule has 1 unspecified atom stereocenters. The van der Waals surface area contributed by atoms with Crippen LogP contribution < -0.4 is 4.74 Å². The molecule has 0 aliphatic heterocycles. The number of ketones is 1. The molecule has 2 rings (SSSR count). The van der Waals surface area contributed by atoms with Crippen molar-refractivity contribution >= 4 is 23.5 Å². The Balaban J connectivity index is 2.21. The summed E-state index contributed by atoms with van der Waals surface area (Å²) in [4.78, 5) is 12.1. The zero-order valence-electron chi connectivity index (χ0n) is 10.5. The topological polar surface area (TPSA) is 26.3 Å². The molecule has 0 bridgehead atoms. The molecule has 0 heterocycles. The lowest BCUT2D eigenvalue weighted by Crippen LogP contribution is -2.14. The number of methoxy groups -OCH3 is 1. The fourth-order valence-electron chi connectivity index (χ4n) is 2.22. The zero-order valence-corrected chi connectivity index (χ0v) is 11.2. The Kier molecular flexibility index (Phi) is 4.43. The van der Waals surface area contributed by atoms with Gasteiger partial charge in [0.2, 0.25) is 0 Å². The van der Waals surface area contributed by atoms with Crippen LogP contribution in [0.3, 0.4) is 0 Å². The maximum Gasteiger partial charge on any atom is 0.144 e. The van der Waals surface area contributed by atoms with Crippen LogP contribution in [0.5, 0.6) is 5.75 Å². The third-order valence-corrected chi connectivity index (χ3v) is 3.55. The molecule has 1 aromatic rings. The van der Waals surface area contributed by atoms with E-state index in [0.29, 0.717) is 12.3 Å². The van der Waals surface area contributed by atoms with Crippen molar-refractivity contribution in [1.29, 1.82) is 0 Å². The maximum absolute atomic E-state index is 12.1. The summed E-state index contributed by atoms with van der Waals surface area (Å²) in [6.45, 7) is 0. The number of halogens is 1. The van der Waals surface area contributed by atoms with Gasteiger partial charge in [0.15, 0.2) is 0 Å². The van der Waals surface area contributed by atoms with E-state index in [0.717, 1.165) is 29.7 Å². The first-order chi connectivity index (χ1) is 8.74. The van der Waals surface area contributed by atoms with Gasteiger partial charge in [-0.3, -0.25) is 4.79 Å². The maximum atomic E-state index is 12.1. The van der Waals surface area contributed by atoms with Gasteiger partial charge in [-0.1, -0.05) is 18.2 Å². The van der Waals surface area contributed by atoms with Crippen LogP contribution in [0, 0.1) is 5.92 Å². The first-order valence-corrected chi connectivity index (χ1v) is 6.72. The summed E-state index contributed by atoms with van der Waals surface area (Å²) in [5.41, 5.74) is 2.15. The smallest absolute Gasteiger partial charge is 0.144 e. The van der Waals surface area contributed by atoms with E-state index < -0.39 is 0 Å². The van der Waals surface area contributed by atoms with E-state index in [1.54, 1.807) is 7.11 Å². The summed E-state index contributed by atoms with van der Waals surface area (Å²) >= 11 is 5.69. The standard InChI is InChI=1S/C15H17ClO2/c1-18-14-7-6-11-4-5-12(3-2-8-16)15(17)10-13(11)9-14/h4-7,9,12H,2-3,8,10H2,1H3. The summed E-state index contributed by atoms with van der Waals surface area (Å²) in [5, 5.41) is 0. The zero-order chi connectivity index (χ0) is 13.0. The number of benzene rings is 1. The molecular weight excluding hydrogens is 248 g/mol. The molecule has 0 N–H and O–H groups in total. The Morgan fingerprint density at radius 3 is 3.00 bits per heavy atom. The van der Waals surface area contributed by atoms with Gasteiger partial charge >= 0.3 is 0 Å². The van der Waals surface area contributed by atoms with E-state index in [2.05, 4.69) is 0 Å². The van der Waals surface area contributed by atoms with Crippen molar-refractivity contribution in [3.63, 3.8) is 0 Å². The lowest BCUT2D eigenvalue weighted by Gasteiger charge is -2.09. The molecule has 0 fully saturated rings. The summed E-state index contributed by atoms with van der Waals surface area (Å²) < 4.78 is 5.20. The minimum Gasteiger partial charge on any atom is -0.497 e. The summed E-state index contributed by atoms with van der Waals surface area (Å²) in [7, 11) is 1.64. The highest BCUT2D eigenvalue weighted by Crippen LogP contribution is 2.26. The number of ether oxygens (including phenoxy) is 1. The van der Waals surface area contributed by atoms with Crippen LogP contribution in [0.1, 0.15) is 24.0 Å². The van der Waals surface area contributed by atoms with Gasteiger partial charge in [0.25, 0.3) is 0 Å². The van der Waals surface area contributed by atoms with Gasteiger partial charge in [-0.15, -0.1) is 11.6 Å². The second-order valence-corrected chi connectivity index (χ2v) is 4.88. The Morgan fingerprint density at radius 1 is 1.44 bits per heavy atom. The molecule has 1 aliphatic rings. The lowest BCUT2D eigenvalue weighted by atomic mass is 9.95. The highest BCUT2D eigenvalue weighted by atomic mass is 35.5. The molecule has 0 spiro atoms. The molecular formula is C15H17ClO2. The molecule has 0 amide bonds. The molecule has 96 valence electrons. The monoisotopic (exact) mass is 264 g/mol. The third kappa shape index (κ3) is 2.94. The predicted molar refractivity (Wildman–Crippen MR) is 74.2 cm³/mol. The molecule has 2 nitrogen and oxygen atoms in total. The Hall–Kier alpha value is -1.28. The van der Waals surface area contributed by atoms with Crippen LogP contribution >= 0.6 is 11.6 Å². The number of alkyl halides is 1. The van der Waals surface area contributed by atoms with Gasteiger partial charge in [-0.2, -0.15) is 0 Å².